The predicted octanol–water partition coefficient (Wildman–Crippen LogP) is 1.50. The summed E-state index contributed by atoms with van der Waals surface area (Å²) in [6, 6.07) is 0.396. The molecule has 1 aromatic rings. The molecule has 0 bridgehead atoms. The van der Waals surface area contributed by atoms with Crippen LogP contribution in [0.3, 0.4) is 0 Å². The first-order valence-corrected chi connectivity index (χ1v) is 7.14. The van der Waals surface area contributed by atoms with Crippen molar-refractivity contribution in [2.75, 3.05) is 6.61 Å². The maximum absolute atomic E-state index is 10.7. The van der Waals surface area contributed by atoms with Crippen LogP contribution >= 0.6 is 11.3 Å². The molecule has 6 heteroatoms. The number of aromatic carboxylic acids is 1. The SMILES string of the molecule is O=C(O)c1nc(CNC2CCOC2C2CC2)cs1. The number of hydrogen-bond acceptors (Lipinski definition) is 5. The number of nitrogens with one attached hydrogen (secondary N) is 1. The van der Waals surface area contributed by atoms with Crippen molar-refractivity contribution in [1.82, 2.24) is 10.3 Å². The van der Waals surface area contributed by atoms with Crippen molar-refractivity contribution in [2.45, 2.75) is 38.0 Å². The maximum Gasteiger partial charge on any atom is 0.365 e. The van der Waals surface area contributed by atoms with Gasteiger partial charge in [-0.3, -0.25) is 0 Å². The van der Waals surface area contributed by atoms with Gasteiger partial charge in [0.15, 0.2) is 0 Å². The summed E-state index contributed by atoms with van der Waals surface area (Å²) in [6.45, 7) is 1.46. The standard InChI is InChI=1S/C12H16N2O3S/c15-12(16)11-14-8(6-18-11)5-13-9-3-4-17-10(9)7-1-2-7/h6-7,9-10,13H,1-5H2,(H,15,16). The summed E-state index contributed by atoms with van der Waals surface area (Å²) in [6.07, 6.45) is 3.95. The van der Waals surface area contributed by atoms with Crippen LogP contribution < -0.4 is 5.32 Å². The molecule has 1 saturated carbocycles. The summed E-state index contributed by atoms with van der Waals surface area (Å²) in [4.78, 5) is 14.8. The van der Waals surface area contributed by atoms with Gasteiger partial charge in [-0.1, -0.05) is 0 Å². The highest BCUT2D eigenvalue weighted by molar-refractivity contribution is 7.11. The van der Waals surface area contributed by atoms with E-state index in [0.717, 1.165) is 24.6 Å². The van der Waals surface area contributed by atoms with Gasteiger partial charge >= 0.3 is 5.97 Å². The molecule has 1 aromatic heterocycles. The Labute approximate surface area is 109 Å². The number of carboxylic acids is 1. The Kier molecular flexibility index (Phi) is 3.32. The number of ether oxygens (including phenoxy) is 1. The molecule has 3 rings (SSSR count). The van der Waals surface area contributed by atoms with Gasteiger partial charge in [0.05, 0.1) is 11.8 Å². The van der Waals surface area contributed by atoms with Crippen molar-refractivity contribution in [1.29, 1.82) is 0 Å². The molecular formula is C12H16N2O3S. The molecule has 2 heterocycles. The molecule has 0 radical (unpaired) electrons. The van der Waals surface area contributed by atoms with Crippen LogP contribution in [0.15, 0.2) is 5.38 Å². The van der Waals surface area contributed by atoms with Gasteiger partial charge in [0.25, 0.3) is 0 Å². The summed E-state index contributed by atoms with van der Waals surface area (Å²) < 4.78 is 5.75. The molecule has 1 aliphatic heterocycles. The third-order valence-corrected chi connectivity index (χ3v) is 4.38. The van der Waals surface area contributed by atoms with E-state index in [9.17, 15) is 4.79 Å². The van der Waals surface area contributed by atoms with Gasteiger partial charge in [-0.2, -0.15) is 0 Å². The van der Waals surface area contributed by atoms with E-state index in [1.165, 1.54) is 24.2 Å². The summed E-state index contributed by atoms with van der Waals surface area (Å²) in [5.41, 5.74) is 0.804. The van der Waals surface area contributed by atoms with E-state index in [0.29, 0.717) is 18.7 Å². The maximum atomic E-state index is 10.7. The lowest BCUT2D eigenvalue weighted by atomic mass is 10.1. The molecule has 2 N–H and O–H groups in total. The fourth-order valence-corrected chi connectivity index (χ4v) is 3.10. The van der Waals surface area contributed by atoms with Crippen LogP contribution in [0.5, 0.6) is 0 Å². The first-order chi connectivity index (χ1) is 8.74. The first kappa shape index (κ1) is 12.1. The molecule has 18 heavy (non-hydrogen) atoms. The first-order valence-electron chi connectivity index (χ1n) is 6.27. The van der Waals surface area contributed by atoms with Gasteiger partial charge in [-0.25, -0.2) is 9.78 Å². The summed E-state index contributed by atoms with van der Waals surface area (Å²) in [5.74, 6) is -0.221. The minimum Gasteiger partial charge on any atom is -0.476 e. The molecule has 0 aromatic carbocycles. The van der Waals surface area contributed by atoms with Crippen LogP contribution in [-0.4, -0.2) is 34.8 Å². The fraction of sp³-hybridized carbons (Fsp3) is 0.667. The van der Waals surface area contributed by atoms with E-state index < -0.39 is 5.97 Å². The molecule has 0 amide bonds. The molecule has 2 aliphatic rings. The normalized spacial score (nSPS) is 27.6. The molecular weight excluding hydrogens is 252 g/mol. The Bertz CT molecular complexity index is 444. The number of thiazole rings is 1. The molecule has 1 saturated heterocycles. The Morgan fingerprint density at radius 1 is 1.56 bits per heavy atom. The van der Waals surface area contributed by atoms with Crippen molar-refractivity contribution >= 4 is 17.3 Å². The minimum absolute atomic E-state index is 0.160. The average Bonchev–Trinajstić information content (AvgIpc) is 2.92. The van der Waals surface area contributed by atoms with Crippen LogP contribution in [0.2, 0.25) is 0 Å². The second kappa shape index (κ2) is 4.95. The Balaban J connectivity index is 1.55. The van der Waals surface area contributed by atoms with E-state index >= 15 is 0 Å². The Morgan fingerprint density at radius 2 is 2.39 bits per heavy atom. The van der Waals surface area contributed by atoms with Gasteiger partial charge in [0, 0.05) is 24.6 Å². The molecule has 2 atom stereocenters. The van der Waals surface area contributed by atoms with Crippen molar-refractivity contribution in [3.05, 3.63) is 16.1 Å². The Hall–Kier alpha value is -0.980. The van der Waals surface area contributed by atoms with Gasteiger partial charge in [-0.15, -0.1) is 11.3 Å². The van der Waals surface area contributed by atoms with E-state index in [4.69, 9.17) is 9.84 Å². The summed E-state index contributed by atoms with van der Waals surface area (Å²) in [7, 11) is 0. The average molecular weight is 268 g/mol. The third kappa shape index (κ3) is 2.55. The summed E-state index contributed by atoms with van der Waals surface area (Å²) >= 11 is 1.18. The lowest BCUT2D eigenvalue weighted by Gasteiger charge is -2.18. The third-order valence-electron chi connectivity index (χ3n) is 3.50. The number of rotatable bonds is 5. The zero-order valence-corrected chi connectivity index (χ0v) is 10.8. The molecule has 0 spiro atoms. The van der Waals surface area contributed by atoms with Crippen molar-refractivity contribution in [2.24, 2.45) is 5.92 Å². The highest BCUT2D eigenvalue weighted by atomic mass is 32.1. The van der Waals surface area contributed by atoms with Gasteiger partial charge in [0.1, 0.15) is 0 Å². The molecule has 2 fully saturated rings. The zero-order valence-electron chi connectivity index (χ0n) is 9.96. The lowest BCUT2D eigenvalue weighted by molar-refractivity contribution is 0.0696. The van der Waals surface area contributed by atoms with Crippen molar-refractivity contribution < 1.29 is 14.6 Å². The number of aromatic nitrogens is 1. The van der Waals surface area contributed by atoms with E-state index in [-0.39, 0.29) is 5.01 Å². The number of carbonyl (C=O) groups is 1. The van der Waals surface area contributed by atoms with Crippen LogP contribution in [0, 0.1) is 5.92 Å². The Morgan fingerprint density at radius 3 is 3.06 bits per heavy atom. The smallest absolute Gasteiger partial charge is 0.365 e. The van der Waals surface area contributed by atoms with Crippen LogP contribution in [0.4, 0.5) is 0 Å². The van der Waals surface area contributed by atoms with Crippen molar-refractivity contribution in [3.8, 4) is 0 Å². The molecule has 5 nitrogen and oxygen atoms in total. The zero-order chi connectivity index (χ0) is 12.5. The second-order valence-corrected chi connectivity index (χ2v) is 5.76. The largest absolute Gasteiger partial charge is 0.476 e. The summed E-state index contributed by atoms with van der Waals surface area (Å²) in [5, 5.41) is 14.2. The van der Waals surface area contributed by atoms with Crippen LogP contribution in [0.25, 0.3) is 0 Å². The highest BCUT2D eigenvalue weighted by Gasteiger charge is 2.40. The minimum atomic E-state index is -0.952. The number of nitrogens with zero attached hydrogens (tertiary/aromatic N) is 1. The molecule has 1 aliphatic carbocycles. The predicted molar refractivity (Wildman–Crippen MR) is 66.8 cm³/mol. The quantitative estimate of drug-likeness (QED) is 0.846. The lowest BCUT2D eigenvalue weighted by Crippen LogP contribution is -2.37. The van der Waals surface area contributed by atoms with Gasteiger partial charge in [0.2, 0.25) is 5.01 Å². The fourth-order valence-electron chi connectivity index (χ4n) is 2.44. The molecule has 98 valence electrons. The van der Waals surface area contributed by atoms with Crippen LogP contribution in [-0.2, 0) is 11.3 Å². The number of carboxylic acid groups (broad SMARTS) is 1. The monoisotopic (exact) mass is 268 g/mol. The topological polar surface area (TPSA) is 71.5 Å². The second-order valence-electron chi connectivity index (χ2n) is 4.90. The van der Waals surface area contributed by atoms with Crippen LogP contribution in [0.1, 0.15) is 34.8 Å². The number of hydrogen-bond donors (Lipinski definition) is 2. The van der Waals surface area contributed by atoms with E-state index in [1.54, 1.807) is 5.38 Å². The van der Waals surface area contributed by atoms with E-state index in [2.05, 4.69) is 10.3 Å². The van der Waals surface area contributed by atoms with Crippen molar-refractivity contribution in [3.63, 3.8) is 0 Å². The van der Waals surface area contributed by atoms with E-state index in [1.807, 2.05) is 0 Å². The van der Waals surface area contributed by atoms with Gasteiger partial charge < -0.3 is 15.2 Å². The highest BCUT2D eigenvalue weighted by Crippen LogP contribution is 2.38. The van der Waals surface area contributed by atoms with Gasteiger partial charge in [-0.05, 0) is 25.2 Å². The molecule has 2 unspecified atom stereocenters.